The van der Waals surface area contributed by atoms with Crippen molar-refractivity contribution < 1.29 is 5.11 Å². The minimum atomic E-state index is -0.191. The fraction of sp³-hybridized carbons (Fsp3) is 0.412. The normalized spacial score (nSPS) is 16.1. The molecule has 0 atom stereocenters. The highest BCUT2D eigenvalue weighted by Gasteiger charge is 2.19. The molecule has 0 unspecified atom stereocenters. The average Bonchev–Trinajstić information content (AvgIpc) is 2.49. The molecule has 1 N–H and O–H groups in total. The Balaban J connectivity index is 1.96. The Labute approximate surface area is 135 Å². The molecule has 3 heterocycles. The fourth-order valence-corrected chi connectivity index (χ4v) is 3.07. The van der Waals surface area contributed by atoms with Gasteiger partial charge in [-0.2, -0.15) is 0 Å². The molecule has 4 nitrogen and oxygen atoms in total. The Kier molecular flexibility index (Phi) is 4.32. The van der Waals surface area contributed by atoms with E-state index in [9.17, 15) is 5.11 Å². The fourth-order valence-electron chi connectivity index (χ4n) is 2.87. The topological polar surface area (TPSA) is 49.2 Å². The highest BCUT2D eigenvalue weighted by atomic mass is 35.5. The summed E-state index contributed by atoms with van der Waals surface area (Å²) in [7, 11) is 0. The molecule has 2 aromatic heterocycles. The predicted octanol–water partition coefficient (Wildman–Crippen LogP) is 3.37. The van der Waals surface area contributed by atoms with E-state index in [0.717, 1.165) is 54.1 Å². The summed E-state index contributed by atoms with van der Waals surface area (Å²) in [6, 6.07) is 4.11. The number of anilines is 1. The van der Waals surface area contributed by atoms with Gasteiger partial charge >= 0.3 is 0 Å². The van der Waals surface area contributed by atoms with Crippen LogP contribution in [0.25, 0.3) is 11.3 Å². The van der Waals surface area contributed by atoms with Gasteiger partial charge in [-0.1, -0.05) is 17.7 Å². The maximum Gasteiger partial charge on any atom is 0.129 e. The lowest BCUT2D eigenvalue weighted by Gasteiger charge is -2.30. The van der Waals surface area contributed by atoms with Gasteiger partial charge in [-0.05, 0) is 43.9 Å². The van der Waals surface area contributed by atoms with Crippen molar-refractivity contribution in [1.82, 2.24) is 9.97 Å². The van der Waals surface area contributed by atoms with Crippen LogP contribution in [0.2, 0.25) is 5.02 Å². The third-order valence-corrected chi connectivity index (χ3v) is 4.40. The van der Waals surface area contributed by atoms with E-state index >= 15 is 0 Å². The lowest BCUT2D eigenvalue weighted by molar-refractivity contribution is 0.145. The second kappa shape index (κ2) is 6.23. The largest absolute Gasteiger partial charge is 0.393 e. The first-order valence-electron chi connectivity index (χ1n) is 7.57. The minimum Gasteiger partial charge on any atom is -0.393 e. The van der Waals surface area contributed by atoms with Crippen molar-refractivity contribution >= 4 is 17.4 Å². The molecule has 5 heteroatoms. The summed E-state index contributed by atoms with van der Waals surface area (Å²) in [5.41, 5.74) is 4.05. The number of pyridine rings is 2. The first-order chi connectivity index (χ1) is 10.5. The van der Waals surface area contributed by atoms with Gasteiger partial charge in [0, 0.05) is 31.0 Å². The van der Waals surface area contributed by atoms with Crippen molar-refractivity contribution in [3.8, 4) is 11.3 Å². The number of hydrogen-bond donors (Lipinski definition) is 1. The molecule has 1 fully saturated rings. The molecule has 0 radical (unpaired) electrons. The van der Waals surface area contributed by atoms with Crippen LogP contribution in [0.4, 0.5) is 5.82 Å². The third kappa shape index (κ3) is 3.08. The van der Waals surface area contributed by atoms with E-state index in [1.165, 1.54) is 0 Å². The van der Waals surface area contributed by atoms with Gasteiger partial charge in [-0.15, -0.1) is 0 Å². The number of aryl methyl sites for hydroxylation is 2. The van der Waals surface area contributed by atoms with Gasteiger partial charge < -0.3 is 10.0 Å². The van der Waals surface area contributed by atoms with Crippen LogP contribution in [0.1, 0.15) is 24.0 Å². The van der Waals surface area contributed by atoms with Gasteiger partial charge in [0.2, 0.25) is 0 Å². The minimum absolute atomic E-state index is 0.191. The highest BCUT2D eigenvalue weighted by molar-refractivity contribution is 6.33. The Morgan fingerprint density at radius 2 is 1.86 bits per heavy atom. The Hall–Kier alpha value is -1.65. The summed E-state index contributed by atoms with van der Waals surface area (Å²) in [6.45, 7) is 5.70. The van der Waals surface area contributed by atoms with Gasteiger partial charge in [0.25, 0.3) is 0 Å². The zero-order valence-corrected chi connectivity index (χ0v) is 13.6. The molecule has 22 heavy (non-hydrogen) atoms. The summed E-state index contributed by atoms with van der Waals surface area (Å²) in [6.07, 6.45) is 4.92. The van der Waals surface area contributed by atoms with Crippen molar-refractivity contribution in [3.63, 3.8) is 0 Å². The maximum atomic E-state index is 9.63. The van der Waals surface area contributed by atoms with Crippen molar-refractivity contribution in [2.75, 3.05) is 18.0 Å². The van der Waals surface area contributed by atoms with Crippen LogP contribution in [0, 0.1) is 13.8 Å². The zero-order chi connectivity index (χ0) is 15.7. The SMILES string of the molecule is Cc1cnc(-c2cc(N3CCC(O)CC3)ncc2Cl)c(C)c1. The van der Waals surface area contributed by atoms with Gasteiger partial charge in [-0.3, -0.25) is 4.98 Å². The zero-order valence-electron chi connectivity index (χ0n) is 12.9. The lowest BCUT2D eigenvalue weighted by Crippen LogP contribution is -2.36. The number of halogens is 1. The molecule has 2 aromatic rings. The van der Waals surface area contributed by atoms with E-state index in [1.807, 2.05) is 26.1 Å². The molecular formula is C17H20ClN3O. The van der Waals surface area contributed by atoms with E-state index in [-0.39, 0.29) is 6.10 Å². The van der Waals surface area contributed by atoms with E-state index in [2.05, 4.69) is 20.9 Å². The Morgan fingerprint density at radius 3 is 2.55 bits per heavy atom. The standard InChI is InChI=1S/C17H20ClN3O/c1-11-7-12(2)17(20-9-11)14-8-16(19-10-15(14)18)21-5-3-13(22)4-6-21/h7-10,13,22H,3-6H2,1-2H3. The average molecular weight is 318 g/mol. The van der Waals surface area contributed by atoms with Crippen LogP contribution in [0.3, 0.4) is 0 Å². The molecule has 0 amide bonds. The maximum absolute atomic E-state index is 9.63. The van der Waals surface area contributed by atoms with Crippen molar-refractivity contribution in [2.24, 2.45) is 0 Å². The lowest BCUT2D eigenvalue weighted by atomic mass is 10.1. The van der Waals surface area contributed by atoms with Gasteiger partial charge in [0.05, 0.1) is 16.8 Å². The van der Waals surface area contributed by atoms with E-state index in [4.69, 9.17) is 11.6 Å². The number of aromatic nitrogens is 2. The monoisotopic (exact) mass is 317 g/mol. The summed E-state index contributed by atoms with van der Waals surface area (Å²) < 4.78 is 0. The first-order valence-corrected chi connectivity index (χ1v) is 7.94. The molecule has 0 bridgehead atoms. The third-order valence-electron chi connectivity index (χ3n) is 4.10. The second-order valence-electron chi connectivity index (χ2n) is 5.92. The Morgan fingerprint density at radius 1 is 1.14 bits per heavy atom. The number of piperidine rings is 1. The van der Waals surface area contributed by atoms with Gasteiger partial charge in [0.15, 0.2) is 0 Å². The molecule has 1 aliphatic heterocycles. The number of hydrogen-bond acceptors (Lipinski definition) is 4. The smallest absolute Gasteiger partial charge is 0.129 e. The number of nitrogens with zero attached hydrogens (tertiary/aromatic N) is 3. The van der Waals surface area contributed by atoms with Crippen LogP contribution in [-0.2, 0) is 0 Å². The quantitative estimate of drug-likeness (QED) is 0.922. The first kappa shape index (κ1) is 15.3. The number of rotatable bonds is 2. The molecule has 0 saturated carbocycles. The number of aliphatic hydroxyl groups is 1. The molecular weight excluding hydrogens is 298 g/mol. The molecule has 116 valence electrons. The van der Waals surface area contributed by atoms with Crippen molar-refractivity contribution in [1.29, 1.82) is 0 Å². The van der Waals surface area contributed by atoms with Gasteiger partial charge in [0.1, 0.15) is 5.82 Å². The summed E-state index contributed by atoms with van der Waals surface area (Å²) in [4.78, 5) is 11.2. The molecule has 1 saturated heterocycles. The van der Waals surface area contributed by atoms with Crippen molar-refractivity contribution in [2.45, 2.75) is 32.8 Å². The molecule has 0 spiro atoms. The summed E-state index contributed by atoms with van der Waals surface area (Å²) in [5.74, 6) is 0.896. The van der Waals surface area contributed by atoms with Crippen LogP contribution < -0.4 is 4.90 Å². The van der Waals surface area contributed by atoms with Crippen LogP contribution in [-0.4, -0.2) is 34.3 Å². The van der Waals surface area contributed by atoms with Crippen LogP contribution in [0.5, 0.6) is 0 Å². The van der Waals surface area contributed by atoms with Gasteiger partial charge in [-0.25, -0.2) is 4.98 Å². The number of aliphatic hydroxyl groups excluding tert-OH is 1. The summed E-state index contributed by atoms with van der Waals surface area (Å²) >= 11 is 6.34. The van der Waals surface area contributed by atoms with E-state index < -0.39 is 0 Å². The molecule has 3 rings (SSSR count). The summed E-state index contributed by atoms with van der Waals surface area (Å²) in [5, 5.41) is 10.2. The van der Waals surface area contributed by atoms with E-state index in [1.54, 1.807) is 6.20 Å². The second-order valence-corrected chi connectivity index (χ2v) is 6.33. The van der Waals surface area contributed by atoms with Crippen molar-refractivity contribution in [3.05, 3.63) is 40.7 Å². The Bertz CT molecular complexity index is 682. The molecule has 1 aliphatic rings. The predicted molar refractivity (Wildman–Crippen MR) is 89.4 cm³/mol. The van der Waals surface area contributed by atoms with Crippen LogP contribution >= 0.6 is 11.6 Å². The van der Waals surface area contributed by atoms with Crippen LogP contribution in [0.15, 0.2) is 24.5 Å². The highest BCUT2D eigenvalue weighted by Crippen LogP contribution is 2.32. The van der Waals surface area contributed by atoms with E-state index in [0.29, 0.717) is 5.02 Å². The molecule has 0 aromatic carbocycles. The molecule has 0 aliphatic carbocycles.